The van der Waals surface area contributed by atoms with Crippen LogP contribution in [0.1, 0.15) is 36.2 Å². The van der Waals surface area contributed by atoms with E-state index >= 15 is 0 Å². The van der Waals surface area contributed by atoms with Crippen LogP contribution in [0.15, 0.2) is 16.7 Å². The summed E-state index contributed by atoms with van der Waals surface area (Å²) in [5, 5.41) is 3.16. The number of nitrogens with zero attached hydrogens (tertiary/aromatic N) is 2. The van der Waals surface area contributed by atoms with Gasteiger partial charge in [0, 0.05) is 42.9 Å². The second-order valence-electron chi connectivity index (χ2n) is 5.67. The van der Waals surface area contributed by atoms with Crippen LogP contribution in [0.25, 0.3) is 0 Å². The number of hydrogen-bond donors (Lipinski definition) is 1. The van der Waals surface area contributed by atoms with Crippen molar-refractivity contribution in [1.82, 2.24) is 14.8 Å². The maximum Gasteiger partial charge on any atom is 0.268 e. The summed E-state index contributed by atoms with van der Waals surface area (Å²) >= 11 is 3.40. The van der Waals surface area contributed by atoms with Gasteiger partial charge in [-0.05, 0) is 47.7 Å². The van der Waals surface area contributed by atoms with E-state index in [1.165, 1.54) is 12.8 Å². The molecule has 104 valence electrons. The molecule has 0 atom stereocenters. The minimum Gasteiger partial charge on any atom is -0.348 e. The Hall–Kier alpha value is -0.810. The summed E-state index contributed by atoms with van der Waals surface area (Å²) in [6, 6.07) is 3.05. The fourth-order valence-corrected chi connectivity index (χ4v) is 3.38. The molecule has 2 fully saturated rings. The molecule has 0 spiro atoms. The number of piperidine rings is 1. The zero-order valence-electron chi connectivity index (χ0n) is 11.2. The molecule has 0 unspecified atom stereocenters. The third kappa shape index (κ3) is 3.03. The number of likely N-dealkylation sites (tertiary alicyclic amines) is 1. The fourth-order valence-electron chi connectivity index (χ4n) is 2.86. The van der Waals surface area contributed by atoms with Crippen LogP contribution in [-0.2, 0) is 7.05 Å². The molecule has 1 amide bonds. The van der Waals surface area contributed by atoms with Crippen molar-refractivity contribution >= 4 is 21.8 Å². The Kier molecular flexibility index (Phi) is 3.67. The predicted octanol–water partition coefficient (Wildman–Crippen LogP) is 2.14. The van der Waals surface area contributed by atoms with Gasteiger partial charge in [0.25, 0.3) is 5.91 Å². The van der Waals surface area contributed by atoms with Crippen molar-refractivity contribution in [2.24, 2.45) is 7.05 Å². The van der Waals surface area contributed by atoms with Gasteiger partial charge in [-0.25, -0.2) is 0 Å². The first-order valence-electron chi connectivity index (χ1n) is 7.00. The number of rotatable bonds is 3. The highest BCUT2D eigenvalue weighted by Gasteiger charge is 2.32. The summed E-state index contributed by atoms with van der Waals surface area (Å²) in [5.41, 5.74) is 0.719. The van der Waals surface area contributed by atoms with Crippen LogP contribution in [0.4, 0.5) is 0 Å². The molecule has 0 bridgehead atoms. The molecule has 1 aromatic rings. The Balaban J connectivity index is 1.54. The summed E-state index contributed by atoms with van der Waals surface area (Å²) in [6.07, 6.45) is 6.80. The summed E-state index contributed by atoms with van der Waals surface area (Å²) in [5.74, 6) is 0.0399. The van der Waals surface area contributed by atoms with Crippen LogP contribution in [0.3, 0.4) is 0 Å². The molecular formula is C14H20BrN3O. The smallest absolute Gasteiger partial charge is 0.268 e. The molecule has 1 N–H and O–H groups in total. The van der Waals surface area contributed by atoms with Crippen LogP contribution >= 0.6 is 15.9 Å². The monoisotopic (exact) mass is 325 g/mol. The lowest BCUT2D eigenvalue weighted by atomic mass is 10.0. The van der Waals surface area contributed by atoms with Gasteiger partial charge in [-0.1, -0.05) is 0 Å². The number of hydrogen-bond acceptors (Lipinski definition) is 2. The quantitative estimate of drug-likeness (QED) is 0.924. The maximum absolute atomic E-state index is 12.2. The number of aromatic nitrogens is 1. The van der Waals surface area contributed by atoms with Crippen LogP contribution in [-0.4, -0.2) is 40.5 Å². The predicted molar refractivity (Wildman–Crippen MR) is 78.2 cm³/mol. The minimum atomic E-state index is 0.0399. The van der Waals surface area contributed by atoms with Crippen molar-refractivity contribution in [1.29, 1.82) is 0 Å². The molecule has 0 radical (unpaired) electrons. The standard InChI is InChI=1S/C14H20BrN3O/c1-17-9-10(15)8-13(17)14(19)16-11-4-6-18(7-5-11)12-2-3-12/h8-9,11-12H,2-7H2,1H3,(H,16,19). The van der Waals surface area contributed by atoms with E-state index in [0.717, 1.165) is 42.1 Å². The van der Waals surface area contributed by atoms with Gasteiger partial charge in [0.1, 0.15) is 5.69 Å². The minimum absolute atomic E-state index is 0.0399. The summed E-state index contributed by atoms with van der Waals surface area (Å²) < 4.78 is 2.81. The van der Waals surface area contributed by atoms with Crippen LogP contribution in [0.5, 0.6) is 0 Å². The van der Waals surface area contributed by atoms with Crippen molar-refractivity contribution in [2.75, 3.05) is 13.1 Å². The summed E-state index contributed by atoms with van der Waals surface area (Å²) in [4.78, 5) is 14.8. The zero-order valence-corrected chi connectivity index (χ0v) is 12.8. The van der Waals surface area contributed by atoms with Crippen molar-refractivity contribution in [3.63, 3.8) is 0 Å². The van der Waals surface area contributed by atoms with E-state index < -0.39 is 0 Å². The fraction of sp³-hybridized carbons (Fsp3) is 0.643. The largest absolute Gasteiger partial charge is 0.348 e. The lowest BCUT2D eigenvalue weighted by Gasteiger charge is -2.32. The Morgan fingerprint density at radius 1 is 1.32 bits per heavy atom. The first-order chi connectivity index (χ1) is 9.13. The van der Waals surface area contributed by atoms with E-state index in [1.807, 2.05) is 23.9 Å². The number of carbonyl (C=O) groups is 1. The van der Waals surface area contributed by atoms with E-state index in [-0.39, 0.29) is 5.91 Å². The van der Waals surface area contributed by atoms with Gasteiger partial charge in [-0.2, -0.15) is 0 Å². The molecular weight excluding hydrogens is 306 g/mol. The Bertz CT molecular complexity index is 473. The van der Waals surface area contributed by atoms with Gasteiger partial charge in [0.2, 0.25) is 0 Å². The number of amides is 1. The molecule has 4 nitrogen and oxygen atoms in total. The Morgan fingerprint density at radius 3 is 2.53 bits per heavy atom. The Morgan fingerprint density at radius 2 is 2.00 bits per heavy atom. The van der Waals surface area contributed by atoms with Crippen LogP contribution in [0, 0.1) is 0 Å². The Labute approximate surface area is 122 Å². The molecule has 1 aromatic heterocycles. The van der Waals surface area contributed by atoms with E-state index in [1.54, 1.807) is 0 Å². The second-order valence-corrected chi connectivity index (χ2v) is 6.59. The van der Waals surface area contributed by atoms with Gasteiger partial charge in [0.05, 0.1) is 0 Å². The number of nitrogens with one attached hydrogen (secondary N) is 1. The van der Waals surface area contributed by atoms with E-state index in [9.17, 15) is 4.79 Å². The van der Waals surface area contributed by atoms with Gasteiger partial charge >= 0.3 is 0 Å². The van der Waals surface area contributed by atoms with Crippen molar-refractivity contribution in [3.05, 3.63) is 22.4 Å². The van der Waals surface area contributed by atoms with Gasteiger partial charge < -0.3 is 14.8 Å². The van der Waals surface area contributed by atoms with Gasteiger partial charge in [0.15, 0.2) is 0 Å². The van der Waals surface area contributed by atoms with Gasteiger partial charge in [-0.3, -0.25) is 4.79 Å². The number of carbonyl (C=O) groups excluding carboxylic acids is 1. The van der Waals surface area contributed by atoms with Crippen molar-refractivity contribution in [3.8, 4) is 0 Å². The number of halogens is 1. The highest BCUT2D eigenvalue weighted by Crippen LogP contribution is 2.29. The highest BCUT2D eigenvalue weighted by atomic mass is 79.9. The second kappa shape index (κ2) is 5.29. The molecule has 2 aliphatic rings. The highest BCUT2D eigenvalue weighted by molar-refractivity contribution is 9.10. The third-order valence-electron chi connectivity index (χ3n) is 4.13. The van der Waals surface area contributed by atoms with E-state index in [2.05, 4.69) is 26.1 Å². The molecule has 5 heteroatoms. The lowest BCUT2D eigenvalue weighted by molar-refractivity contribution is 0.0901. The van der Waals surface area contributed by atoms with E-state index in [0.29, 0.717) is 6.04 Å². The molecule has 2 heterocycles. The summed E-state index contributed by atoms with van der Waals surface area (Å²) in [6.45, 7) is 2.26. The first-order valence-corrected chi connectivity index (χ1v) is 7.79. The zero-order chi connectivity index (χ0) is 13.4. The van der Waals surface area contributed by atoms with Crippen molar-refractivity contribution in [2.45, 2.75) is 37.8 Å². The SMILES string of the molecule is Cn1cc(Br)cc1C(=O)NC1CCN(C2CC2)CC1. The topological polar surface area (TPSA) is 37.3 Å². The molecule has 3 rings (SSSR count). The molecule has 19 heavy (non-hydrogen) atoms. The molecule has 1 aliphatic heterocycles. The van der Waals surface area contributed by atoms with Crippen molar-refractivity contribution < 1.29 is 4.79 Å². The molecule has 1 saturated heterocycles. The van der Waals surface area contributed by atoms with E-state index in [4.69, 9.17) is 0 Å². The third-order valence-corrected chi connectivity index (χ3v) is 4.57. The van der Waals surface area contributed by atoms with Gasteiger partial charge in [-0.15, -0.1) is 0 Å². The first kappa shape index (κ1) is 13.2. The number of aryl methyl sites for hydroxylation is 1. The lowest BCUT2D eigenvalue weighted by Crippen LogP contribution is -2.45. The molecule has 1 saturated carbocycles. The molecule has 0 aromatic carbocycles. The van der Waals surface area contributed by atoms with Crippen LogP contribution in [0.2, 0.25) is 0 Å². The molecule has 1 aliphatic carbocycles. The summed E-state index contributed by atoms with van der Waals surface area (Å²) in [7, 11) is 1.90. The normalized spacial score (nSPS) is 21.6. The average Bonchev–Trinajstić information content (AvgIpc) is 3.16. The maximum atomic E-state index is 12.2. The average molecular weight is 326 g/mol. The van der Waals surface area contributed by atoms with Crippen LogP contribution < -0.4 is 5.32 Å².